The highest BCUT2D eigenvalue weighted by atomic mass is 32.2. The lowest BCUT2D eigenvalue weighted by Gasteiger charge is -2.08. The lowest BCUT2D eigenvalue weighted by atomic mass is 10.0. The third-order valence-electron chi connectivity index (χ3n) is 3.51. The molecule has 0 unspecified atom stereocenters. The van der Waals surface area contributed by atoms with Crippen molar-refractivity contribution < 1.29 is 18.4 Å². The van der Waals surface area contributed by atoms with E-state index < -0.39 is 23.0 Å². The van der Waals surface area contributed by atoms with Crippen LogP contribution in [0.5, 0.6) is 0 Å². The molecule has 0 aliphatic rings. The number of halogens is 3. The normalized spacial score (nSPS) is 11.5. The van der Waals surface area contributed by atoms with Crippen molar-refractivity contribution in [2.75, 3.05) is 0 Å². The molecular formula is C17H11F3N2O3S. The van der Waals surface area contributed by atoms with Crippen LogP contribution in [0.3, 0.4) is 0 Å². The standard InChI is InChI=1S/C17H11F3N2O3S/c18-17(19,20)12-5-1-10(2-6-12)11-3-7-13(8-4-11)26-14-9-15(23)22(25)16(24)21-14/h1-9,25H,(H,21,24). The quantitative estimate of drug-likeness (QED) is 0.538. The first kappa shape index (κ1) is 17.9. The van der Waals surface area contributed by atoms with Gasteiger partial charge in [0.1, 0.15) is 0 Å². The molecule has 134 valence electrons. The summed E-state index contributed by atoms with van der Waals surface area (Å²) in [6, 6.07) is 12.8. The summed E-state index contributed by atoms with van der Waals surface area (Å²) in [5, 5.41) is 9.37. The van der Waals surface area contributed by atoms with Crippen LogP contribution in [0, 0.1) is 0 Å². The van der Waals surface area contributed by atoms with E-state index in [9.17, 15) is 22.8 Å². The average Bonchev–Trinajstić information content (AvgIpc) is 2.60. The monoisotopic (exact) mass is 380 g/mol. The van der Waals surface area contributed by atoms with Crippen LogP contribution in [-0.2, 0) is 6.18 Å². The molecule has 2 aromatic carbocycles. The minimum Gasteiger partial charge on any atom is -0.421 e. The second kappa shape index (κ2) is 6.75. The van der Waals surface area contributed by atoms with Gasteiger partial charge in [0.05, 0.1) is 10.6 Å². The lowest BCUT2D eigenvalue weighted by Crippen LogP contribution is -2.32. The van der Waals surface area contributed by atoms with Crippen molar-refractivity contribution >= 4 is 11.8 Å². The van der Waals surface area contributed by atoms with Crippen molar-refractivity contribution in [3.05, 3.63) is 81.0 Å². The largest absolute Gasteiger partial charge is 0.421 e. The van der Waals surface area contributed by atoms with E-state index in [1.54, 1.807) is 24.3 Å². The van der Waals surface area contributed by atoms with Crippen LogP contribution in [0.15, 0.2) is 74.1 Å². The number of alkyl halides is 3. The van der Waals surface area contributed by atoms with E-state index in [0.717, 1.165) is 35.5 Å². The summed E-state index contributed by atoms with van der Waals surface area (Å²) in [6.07, 6.45) is -4.38. The predicted octanol–water partition coefficient (Wildman–Crippen LogP) is 3.61. The molecule has 0 aliphatic carbocycles. The van der Waals surface area contributed by atoms with Crippen LogP contribution >= 0.6 is 11.8 Å². The Labute approximate surface area is 148 Å². The summed E-state index contributed by atoms with van der Waals surface area (Å²) in [4.78, 5) is 25.8. The number of hydrogen-bond acceptors (Lipinski definition) is 4. The highest BCUT2D eigenvalue weighted by Gasteiger charge is 2.29. The molecule has 9 heteroatoms. The van der Waals surface area contributed by atoms with E-state index in [1.807, 2.05) is 0 Å². The molecule has 3 rings (SSSR count). The predicted molar refractivity (Wildman–Crippen MR) is 89.5 cm³/mol. The Balaban J connectivity index is 1.80. The number of H-pyrrole nitrogens is 1. The van der Waals surface area contributed by atoms with Gasteiger partial charge in [0.2, 0.25) is 0 Å². The third kappa shape index (κ3) is 3.83. The third-order valence-corrected chi connectivity index (χ3v) is 4.46. The Bertz CT molecular complexity index is 1010. The fourth-order valence-corrected chi connectivity index (χ4v) is 3.04. The van der Waals surface area contributed by atoms with Gasteiger partial charge in [0.25, 0.3) is 5.56 Å². The Kier molecular flexibility index (Phi) is 4.64. The SMILES string of the molecule is O=c1cc(Sc2ccc(-c3ccc(C(F)(F)F)cc3)cc2)[nH]c(=O)n1O. The molecule has 0 fully saturated rings. The number of aromatic amines is 1. The van der Waals surface area contributed by atoms with Gasteiger partial charge in [-0.3, -0.25) is 9.78 Å². The average molecular weight is 380 g/mol. The molecule has 1 heterocycles. The topological polar surface area (TPSA) is 75.1 Å². The summed E-state index contributed by atoms with van der Waals surface area (Å²) in [6.45, 7) is 0. The molecular weight excluding hydrogens is 369 g/mol. The maximum Gasteiger partial charge on any atom is 0.416 e. The van der Waals surface area contributed by atoms with E-state index in [1.165, 1.54) is 12.1 Å². The highest BCUT2D eigenvalue weighted by Crippen LogP contribution is 2.32. The van der Waals surface area contributed by atoms with E-state index in [-0.39, 0.29) is 9.76 Å². The Hall–Kier alpha value is -2.94. The maximum absolute atomic E-state index is 12.6. The first-order valence-electron chi connectivity index (χ1n) is 7.25. The summed E-state index contributed by atoms with van der Waals surface area (Å²) in [5.41, 5.74) is -1.15. The van der Waals surface area contributed by atoms with Gasteiger partial charge in [-0.1, -0.05) is 40.8 Å². The van der Waals surface area contributed by atoms with Gasteiger partial charge in [-0.05, 0) is 35.4 Å². The van der Waals surface area contributed by atoms with E-state index in [4.69, 9.17) is 5.21 Å². The summed E-state index contributed by atoms with van der Waals surface area (Å²) >= 11 is 1.11. The van der Waals surface area contributed by atoms with Gasteiger partial charge in [-0.25, -0.2) is 4.79 Å². The number of benzene rings is 2. The maximum atomic E-state index is 12.6. The van der Waals surface area contributed by atoms with Crippen LogP contribution in [0.25, 0.3) is 11.1 Å². The summed E-state index contributed by atoms with van der Waals surface area (Å²) < 4.78 is 37.8. The van der Waals surface area contributed by atoms with Gasteiger partial charge in [0.15, 0.2) is 0 Å². The van der Waals surface area contributed by atoms with Gasteiger partial charge >= 0.3 is 11.9 Å². The zero-order valence-electron chi connectivity index (χ0n) is 12.9. The number of rotatable bonds is 3. The van der Waals surface area contributed by atoms with Gasteiger partial charge < -0.3 is 5.21 Å². The molecule has 0 amide bonds. The molecule has 0 aliphatic heterocycles. The van der Waals surface area contributed by atoms with Crippen LogP contribution in [0.2, 0.25) is 0 Å². The second-order valence-corrected chi connectivity index (χ2v) is 6.41. The minimum absolute atomic E-state index is 0.0300. The van der Waals surface area contributed by atoms with Crippen molar-refractivity contribution in [2.24, 2.45) is 0 Å². The molecule has 0 saturated carbocycles. The molecule has 0 spiro atoms. The second-order valence-electron chi connectivity index (χ2n) is 5.29. The zero-order chi connectivity index (χ0) is 18.9. The van der Waals surface area contributed by atoms with Crippen LogP contribution < -0.4 is 11.2 Å². The molecule has 2 N–H and O–H groups in total. The Morgan fingerprint density at radius 1 is 0.923 bits per heavy atom. The van der Waals surface area contributed by atoms with E-state index in [2.05, 4.69) is 4.98 Å². The van der Waals surface area contributed by atoms with Crippen LogP contribution in [-0.4, -0.2) is 14.9 Å². The van der Waals surface area contributed by atoms with Gasteiger partial charge in [-0.2, -0.15) is 13.2 Å². The Morgan fingerprint density at radius 3 is 1.96 bits per heavy atom. The fraction of sp³-hybridized carbons (Fsp3) is 0.0588. The minimum atomic E-state index is -4.38. The fourth-order valence-electron chi connectivity index (χ4n) is 2.22. The van der Waals surface area contributed by atoms with Gasteiger partial charge in [0, 0.05) is 11.0 Å². The molecule has 0 bridgehead atoms. The number of nitrogens with one attached hydrogen (secondary N) is 1. The van der Waals surface area contributed by atoms with Crippen molar-refractivity contribution in [1.82, 2.24) is 9.71 Å². The van der Waals surface area contributed by atoms with Crippen molar-refractivity contribution in [2.45, 2.75) is 16.1 Å². The molecule has 0 saturated heterocycles. The van der Waals surface area contributed by atoms with E-state index >= 15 is 0 Å². The molecule has 0 atom stereocenters. The van der Waals surface area contributed by atoms with Crippen LogP contribution in [0.4, 0.5) is 13.2 Å². The molecule has 5 nitrogen and oxygen atoms in total. The van der Waals surface area contributed by atoms with Crippen molar-refractivity contribution in [3.8, 4) is 11.1 Å². The number of nitrogens with zero attached hydrogens (tertiary/aromatic N) is 1. The first-order valence-corrected chi connectivity index (χ1v) is 8.07. The molecule has 26 heavy (non-hydrogen) atoms. The highest BCUT2D eigenvalue weighted by molar-refractivity contribution is 7.99. The van der Waals surface area contributed by atoms with Crippen LogP contribution in [0.1, 0.15) is 5.56 Å². The Morgan fingerprint density at radius 2 is 1.46 bits per heavy atom. The number of aromatic nitrogens is 2. The van der Waals surface area contributed by atoms with Crippen molar-refractivity contribution in [3.63, 3.8) is 0 Å². The zero-order valence-corrected chi connectivity index (χ0v) is 13.8. The van der Waals surface area contributed by atoms with Crippen molar-refractivity contribution in [1.29, 1.82) is 0 Å². The number of hydrogen-bond donors (Lipinski definition) is 2. The summed E-state index contributed by atoms with van der Waals surface area (Å²) in [5.74, 6) is 0. The molecule has 1 aromatic heterocycles. The molecule has 0 radical (unpaired) electrons. The molecule has 3 aromatic rings. The smallest absolute Gasteiger partial charge is 0.416 e. The summed E-state index contributed by atoms with van der Waals surface area (Å²) in [7, 11) is 0. The lowest BCUT2D eigenvalue weighted by molar-refractivity contribution is -0.137. The van der Waals surface area contributed by atoms with E-state index in [0.29, 0.717) is 10.5 Å². The first-order chi connectivity index (χ1) is 12.2. The van der Waals surface area contributed by atoms with Gasteiger partial charge in [-0.15, -0.1) is 0 Å².